The zero-order chi connectivity index (χ0) is 22.0. The maximum absolute atomic E-state index is 12.8. The molecule has 0 aliphatic heterocycles. The Hall–Kier alpha value is -3.65. The quantitative estimate of drug-likeness (QED) is 0.498. The fraction of sp³-hybridized carbons (Fsp3) is 0.182. The van der Waals surface area contributed by atoms with Gasteiger partial charge in [0.2, 0.25) is 5.82 Å². The lowest BCUT2D eigenvalue weighted by molar-refractivity contribution is 0.101. The van der Waals surface area contributed by atoms with E-state index in [1.807, 2.05) is 55.4 Å². The molecule has 0 unspecified atom stereocenters. The molecule has 4 aromatic rings. The lowest BCUT2D eigenvalue weighted by Crippen LogP contribution is -2.18. The second-order valence-electron chi connectivity index (χ2n) is 7.26. The van der Waals surface area contributed by atoms with Crippen molar-refractivity contribution in [3.05, 3.63) is 83.0 Å². The molecule has 0 atom stereocenters. The highest BCUT2D eigenvalue weighted by molar-refractivity contribution is 6.30. The third kappa shape index (κ3) is 4.59. The molecular weight excluding hydrogens is 414 g/mol. The van der Waals surface area contributed by atoms with E-state index >= 15 is 0 Å². The summed E-state index contributed by atoms with van der Waals surface area (Å²) >= 11 is 5.95. The summed E-state index contributed by atoms with van der Waals surface area (Å²) in [6, 6.07) is 17.1. The topological polar surface area (TPSA) is 80.9 Å². The van der Waals surface area contributed by atoms with E-state index in [1.165, 1.54) is 0 Å². The second kappa shape index (κ2) is 8.61. The highest BCUT2D eigenvalue weighted by Gasteiger charge is 2.17. The van der Waals surface area contributed by atoms with Gasteiger partial charge >= 0.3 is 0 Å². The number of nitrogens with one attached hydrogen (secondary N) is 1. The first-order chi connectivity index (χ1) is 14.9. The molecule has 2 aromatic carbocycles. The standard InChI is InChI=1S/C22H22ClN7O/c1-15-25-21(27-30(15)19-10-6-17(23)7-11-19)22(31)26-20-12-13-24-29(20)14-16-4-8-18(9-5-16)28(2)3/h4-13H,14H2,1-3H3,(H,26,31). The third-order valence-electron chi connectivity index (χ3n) is 4.79. The Kier molecular flexibility index (Phi) is 5.73. The molecule has 0 spiro atoms. The maximum Gasteiger partial charge on any atom is 0.296 e. The molecule has 31 heavy (non-hydrogen) atoms. The van der Waals surface area contributed by atoms with E-state index < -0.39 is 5.91 Å². The minimum Gasteiger partial charge on any atom is -0.378 e. The first-order valence-electron chi connectivity index (χ1n) is 9.70. The summed E-state index contributed by atoms with van der Waals surface area (Å²) in [5.74, 6) is 0.847. The molecule has 4 rings (SSSR count). The third-order valence-corrected chi connectivity index (χ3v) is 5.04. The van der Waals surface area contributed by atoms with Crippen LogP contribution in [0.1, 0.15) is 22.0 Å². The predicted octanol–water partition coefficient (Wildman–Crippen LogP) is 3.79. The number of carbonyl (C=O) groups is 1. The number of aryl methyl sites for hydroxylation is 1. The molecule has 0 aliphatic rings. The van der Waals surface area contributed by atoms with Crippen LogP contribution in [0, 0.1) is 6.92 Å². The van der Waals surface area contributed by atoms with Crippen LogP contribution in [-0.4, -0.2) is 44.5 Å². The number of carbonyl (C=O) groups excluding carboxylic acids is 1. The zero-order valence-corrected chi connectivity index (χ0v) is 18.2. The van der Waals surface area contributed by atoms with Crippen molar-refractivity contribution in [3.63, 3.8) is 0 Å². The Bertz CT molecular complexity index is 1190. The first-order valence-corrected chi connectivity index (χ1v) is 10.1. The van der Waals surface area contributed by atoms with Gasteiger partial charge < -0.3 is 10.2 Å². The second-order valence-corrected chi connectivity index (χ2v) is 7.70. The normalized spacial score (nSPS) is 10.8. The summed E-state index contributed by atoms with van der Waals surface area (Å²) in [6.07, 6.45) is 1.65. The van der Waals surface area contributed by atoms with Crippen LogP contribution in [0.15, 0.2) is 60.8 Å². The number of amides is 1. The fourth-order valence-corrected chi connectivity index (χ4v) is 3.25. The molecule has 2 heterocycles. The highest BCUT2D eigenvalue weighted by Crippen LogP contribution is 2.17. The summed E-state index contributed by atoms with van der Waals surface area (Å²) < 4.78 is 3.33. The van der Waals surface area contributed by atoms with Gasteiger partial charge in [0.15, 0.2) is 0 Å². The van der Waals surface area contributed by atoms with Crippen molar-refractivity contribution in [3.8, 4) is 5.69 Å². The maximum atomic E-state index is 12.8. The molecule has 0 saturated carbocycles. The van der Waals surface area contributed by atoms with Crippen molar-refractivity contribution in [2.45, 2.75) is 13.5 Å². The average molecular weight is 436 g/mol. The molecular formula is C22H22ClN7O. The van der Waals surface area contributed by atoms with Crippen molar-refractivity contribution < 1.29 is 4.79 Å². The van der Waals surface area contributed by atoms with Gasteiger partial charge in [-0.05, 0) is 48.9 Å². The van der Waals surface area contributed by atoms with Crippen LogP contribution in [-0.2, 0) is 6.54 Å². The number of halogens is 1. The zero-order valence-electron chi connectivity index (χ0n) is 17.5. The smallest absolute Gasteiger partial charge is 0.296 e. The molecule has 2 aromatic heterocycles. The van der Waals surface area contributed by atoms with Crippen LogP contribution in [0.2, 0.25) is 5.02 Å². The lowest BCUT2D eigenvalue weighted by Gasteiger charge is -2.13. The van der Waals surface area contributed by atoms with E-state index in [2.05, 4.69) is 20.5 Å². The number of hydrogen-bond acceptors (Lipinski definition) is 5. The fourth-order valence-electron chi connectivity index (χ4n) is 3.12. The molecule has 0 radical (unpaired) electrons. The van der Waals surface area contributed by atoms with Gasteiger partial charge in [-0.1, -0.05) is 23.7 Å². The first kappa shape index (κ1) is 20.6. The van der Waals surface area contributed by atoms with Crippen LogP contribution in [0.3, 0.4) is 0 Å². The van der Waals surface area contributed by atoms with E-state index in [4.69, 9.17) is 11.6 Å². The number of rotatable bonds is 6. The Balaban J connectivity index is 1.49. The molecule has 1 N–H and O–H groups in total. The SMILES string of the molecule is Cc1nc(C(=O)Nc2ccnn2Cc2ccc(N(C)C)cc2)nn1-c1ccc(Cl)cc1. The van der Waals surface area contributed by atoms with Gasteiger partial charge in [-0.2, -0.15) is 5.10 Å². The molecule has 0 saturated heterocycles. The molecule has 0 bridgehead atoms. The number of aromatic nitrogens is 5. The molecule has 9 heteroatoms. The molecule has 158 valence electrons. The number of nitrogens with zero attached hydrogens (tertiary/aromatic N) is 6. The summed E-state index contributed by atoms with van der Waals surface area (Å²) in [5.41, 5.74) is 2.97. The van der Waals surface area contributed by atoms with Gasteiger partial charge in [-0.25, -0.2) is 14.3 Å². The van der Waals surface area contributed by atoms with Crippen molar-refractivity contribution in [1.29, 1.82) is 0 Å². The minimum absolute atomic E-state index is 0.0792. The Labute approximate surface area is 185 Å². The molecule has 0 fully saturated rings. The van der Waals surface area contributed by atoms with Crippen molar-refractivity contribution in [2.75, 3.05) is 24.3 Å². The van der Waals surface area contributed by atoms with Gasteiger partial charge in [-0.3, -0.25) is 4.79 Å². The van der Waals surface area contributed by atoms with Gasteiger partial charge in [0, 0.05) is 30.9 Å². The summed E-state index contributed by atoms with van der Waals surface area (Å²) in [4.78, 5) is 19.1. The lowest BCUT2D eigenvalue weighted by atomic mass is 10.2. The van der Waals surface area contributed by atoms with E-state index in [1.54, 1.807) is 40.7 Å². The summed E-state index contributed by atoms with van der Waals surface area (Å²) in [6.45, 7) is 2.32. The Morgan fingerprint density at radius 3 is 2.45 bits per heavy atom. The van der Waals surface area contributed by atoms with Crippen LogP contribution in [0.25, 0.3) is 5.69 Å². The summed E-state index contributed by atoms with van der Waals surface area (Å²) in [7, 11) is 4.00. The van der Waals surface area contributed by atoms with Crippen LogP contribution in [0.5, 0.6) is 0 Å². The Morgan fingerprint density at radius 1 is 1.06 bits per heavy atom. The van der Waals surface area contributed by atoms with Crippen molar-refractivity contribution in [1.82, 2.24) is 24.5 Å². The van der Waals surface area contributed by atoms with Gasteiger partial charge in [0.05, 0.1) is 18.4 Å². The van der Waals surface area contributed by atoms with Crippen LogP contribution < -0.4 is 10.2 Å². The number of anilines is 2. The van der Waals surface area contributed by atoms with E-state index in [0.717, 1.165) is 16.9 Å². The highest BCUT2D eigenvalue weighted by atomic mass is 35.5. The van der Waals surface area contributed by atoms with Gasteiger partial charge in [0.1, 0.15) is 11.6 Å². The minimum atomic E-state index is -0.402. The number of hydrogen-bond donors (Lipinski definition) is 1. The predicted molar refractivity (Wildman–Crippen MR) is 121 cm³/mol. The van der Waals surface area contributed by atoms with E-state index in [9.17, 15) is 4.79 Å². The largest absolute Gasteiger partial charge is 0.378 e. The van der Waals surface area contributed by atoms with Gasteiger partial charge in [-0.15, -0.1) is 5.10 Å². The Morgan fingerprint density at radius 2 is 1.77 bits per heavy atom. The van der Waals surface area contributed by atoms with E-state index in [0.29, 0.717) is 23.2 Å². The van der Waals surface area contributed by atoms with E-state index in [-0.39, 0.29) is 5.82 Å². The van der Waals surface area contributed by atoms with Crippen molar-refractivity contribution >= 4 is 29.0 Å². The molecule has 8 nitrogen and oxygen atoms in total. The average Bonchev–Trinajstić information content (AvgIpc) is 3.35. The van der Waals surface area contributed by atoms with Crippen molar-refractivity contribution in [2.24, 2.45) is 0 Å². The van der Waals surface area contributed by atoms with Gasteiger partial charge in [0.25, 0.3) is 5.91 Å². The number of benzene rings is 2. The summed E-state index contributed by atoms with van der Waals surface area (Å²) in [5, 5.41) is 12.2. The molecule has 1 amide bonds. The molecule has 0 aliphatic carbocycles. The monoisotopic (exact) mass is 435 g/mol. The van der Waals surface area contributed by atoms with Crippen LogP contribution in [0.4, 0.5) is 11.5 Å². The van der Waals surface area contributed by atoms with Crippen LogP contribution >= 0.6 is 11.6 Å².